The molecule has 6 nitrogen and oxygen atoms in total. The summed E-state index contributed by atoms with van der Waals surface area (Å²) < 4.78 is 5.19. The zero-order valence-electron chi connectivity index (χ0n) is 15.6. The number of hydrogen-bond acceptors (Lipinski definition) is 5. The molecule has 138 valence electrons. The largest absolute Gasteiger partial charge is 0.497 e. The van der Waals surface area contributed by atoms with E-state index in [9.17, 15) is 4.79 Å². The normalized spacial score (nSPS) is 10.5. The van der Waals surface area contributed by atoms with Crippen molar-refractivity contribution in [1.29, 1.82) is 0 Å². The molecule has 1 aromatic heterocycles. The second-order valence-corrected chi connectivity index (χ2v) is 6.35. The summed E-state index contributed by atoms with van der Waals surface area (Å²) in [6, 6.07) is 15.2. The number of carbonyl (C=O) groups excluding carboxylic acids is 1. The van der Waals surface area contributed by atoms with E-state index in [1.54, 1.807) is 7.11 Å². The Bertz CT molecular complexity index is 923. The maximum absolute atomic E-state index is 12.5. The molecular formula is C21H22N4O2. The second kappa shape index (κ2) is 8.31. The molecule has 1 amide bonds. The van der Waals surface area contributed by atoms with Crippen LogP contribution in [0.3, 0.4) is 0 Å². The Morgan fingerprint density at radius 3 is 2.48 bits per heavy atom. The summed E-state index contributed by atoms with van der Waals surface area (Å²) in [5, 5.41) is 6.02. The second-order valence-electron chi connectivity index (χ2n) is 6.35. The highest BCUT2D eigenvalue weighted by molar-refractivity contribution is 6.04. The van der Waals surface area contributed by atoms with E-state index in [2.05, 4.69) is 34.4 Å². The Labute approximate surface area is 158 Å². The van der Waals surface area contributed by atoms with Gasteiger partial charge in [0.1, 0.15) is 5.75 Å². The first-order chi connectivity index (χ1) is 13.1. The van der Waals surface area contributed by atoms with Gasteiger partial charge in [0.25, 0.3) is 5.91 Å². The SMILES string of the molecule is COc1cccc(Nc2ncc(C(=O)Nc3ccccc3C(C)C)cn2)c1. The molecule has 6 heteroatoms. The number of para-hydroxylation sites is 1. The Balaban J connectivity index is 1.70. The first kappa shape index (κ1) is 18.4. The van der Waals surface area contributed by atoms with Crippen molar-refractivity contribution in [2.24, 2.45) is 0 Å². The lowest BCUT2D eigenvalue weighted by molar-refractivity contribution is 0.102. The lowest BCUT2D eigenvalue weighted by Crippen LogP contribution is -2.14. The lowest BCUT2D eigenvalue weighted by Gasteiger charge is -2.13. The van der Waals surface area contributed by atoms with Crippen LogP contribution in [0.25, 0.3) is 0 Å². The number of anilines is 3. The van der Waals surface area contributed by atoms with Gasteiger partial charge < -0.3 is 15.4 Å². The average molecular weight is 362 g/mol. The first-order valence-corrected chi connectivity index (χ1v) is 8.70. The van der Waals surface area contributed by atoms with Crippen LogP contribution in [-0.4, -0.2) is 23.0 Å². The molecule has 0 fully saturated rings. The van der Waals surface area contributed by atoms with Gasteiger partial charge >= 0.3 is 0 Å². The van der Waals surface area contributed by atoms with Crippen LogP contribution in [0.15, 0.2) is 60.9 Å². The van der Waals surface area contributed by atoms with Crippen LogP contribution >= 0.6 is 0 Å². The Kier molecular flexibility index (Phi) is 5.66. The number of amides is 1. The van der Waals surface area contributed by atoms with E-state index in [4.69, 9.17) is 4.74 Å². The highest BCUT2D eigenvalue weighted by Gasteiger charge is 2.12. The topological polar surface area (TPSA) is 76.1 Å². The third-order valence-electron chi connectivity index (χ3n) is 4.07. The molecule has 0 aliphatic rings. The molecule has 0 bridgehead atoms. The van der Waals surface area contributed by atoms with Crippen molar-refractivity contribution in [1.82, 2.24) is 9.97 Å². The van der Waals surface area contributed by atoms with Gasteiger partial charge in [-0.2, -0.15) is 0 Å². The van der Waals surface area contributed by atoms with Gasteiger partial charge in [0.2, 0.25) is 5.95 Å². The Morgan fingerprint density at radius 2 is 1.78 bits per heavy atom. The number of aromatic nitrogens is 2. The molecule has 0 saturated heterocycles. The fraction of sp³-hybridized carbons (Fsp3) is 0.190. The summed E-state index contributed by atoms with van der Waals surface area (Å²) in [4.78, 5) is 21.0. The lowest BCUT2D eigenvalue weighted by atomic mass is 10.0. The van der Waals surface area contributed by atoms with Gasteiger partial charge in [0.05, 0.1) is 12.7 Å². The maximum Gasteiger partial charge on any atom is 0.258 e. The minimum absolute atomic E-state index is 0.240. The van der Waals surface area contributed by atoms with E-state index >= 15 is 0 Å². The molecule has 0 radical (unpaired) electrons. The van der Waals surface area contributed by atoms with Crippen molar-refractivity contribution in [3.63, 3.8) is 0 Å². The number of hydrogen-bond donors (Lipinski definition) is 2. The highest BCUT2D eigenvalue weighted by atomic mass is 16.5. The summed E-state index contributed by atoms with van der Waals surface area (Å²) in [5.41, 5.74) is 3.08. The van der Waals surface area contributed by atoms with Gasteiger partial charge in [0.15, 0.2) is 0 Å². The van der Waals surface area contributed by atoms with Gasteiger partial charge in [-0.15, -0.1) is 0 Å². The van der Waals surface area contributed by atoms with E-state index in [0.717, 1.165) is 22.7 Å². The fourth-order valence-electron chi connectivity index (χ4n) is 2.65. The van der Waals surface area contributed by atoms with Crippen molar-refractivity contribution in [3.8, 4) is 5.75 Å². The van der Waals surface area contributed by atoms with Crippen molar-refractivity contribution >= 4 is 23.2 Å². The van der Waals surface area contributed by atoms with Crippen LogP contribution in [0.1, 0.15) is 35.7 Å². The van der Waals surface area contributed by atoms with Crippen molar-refractivity contribution in [2.75, 3.05) is 17.7 Å². The average Bonchev–Trinajstić information content (AvgIpc) is 2.69. The highest BCUT2D eigenvalue weighted by Crippen LogP contribution is 2.24. The number of rotatable bonds is 6. The predicted octanol–water partition coefficient (Wildman–Crippen LogP) is 4.60. The zero-order chi connectivity index (χ0) is 19.2. The molecule has 0 aliphatic carbocycles. The minimum Gasteiger partial charge on any atom is -0.497 e. The summed E-state index contributed by atoms with van der Waals surface area (Å²) in [6.45, 7) is 4.18. The molecule has 0 saturated carbocycles. The molecule has 1 heterocycles. The maximum atomic E-state index is 12.5. The summed E-state index contributed by atoms with van der Waals surface area (Å²) >= 11 is 0. The number of ether oxygens (including phenoxy) is 1. The molecule has 3 aromatic rings. The van der Waals surface area contributed by atoms with Gasteiger partial charge in [-0.3, -0.25) is 4.79 Å². The van der Waals surface area contributed by atoms with Gasteiger partial charge in [-0.1, -0.05) is 38.1 Å². The number of nitrogens with zero attached hydrogens (tertiary/aromatic N) is 2. The standard InChI is InChI=1S/C21H22N4O2/c1-14(2)18-9-4-5-10-19(18)25-20(26)15-12-22-21(23-13-15)24-16-7-6-8-17(11-16)27-3/h4-14H,1-3H3,(H,25,26)(H,22,23,24). The molecule has 0 unspecified atom stereocenters. The van der Waals surface area contributed by atoms with E-state index in [0.29, 0.717) is 17.4 Å². The van der Waals surface area contributed by atoms with E-state index in [1.165, 1.54) is 12.4 Å². The van der Waals surface area contributed by atoms with Gasteiger partial charge in [-0.05, 0) is 29.7 Å². The van der Waals surface area contributed by atoms with Gasteiger partial charge in [-0.25, -0.2) is 9.97 Å². The van der Waals surface area contributed by atoms with Crippen LogP contribution in [0.4, 0.5) is 17.3 Å². The van der Waals surface area contributed by atoms with Crippen molar-refractivity contribution < 1.29 is 9.53 Å². The molecule has 3 rings (SSSR count). The van der Waals surface area contributed by atoms with Crippen molar-refractivity contribution in [3.05, 3.63) is 72.1 Å². The molecule has 0 atom stereocenters. The molecule has 0 spiro atoms. The zero-order valence-corrected chi connectivity index (χ0v) is 15.6. The number of methoxy groups -OCH3 is 1. The van der Waals surface area contributed by atoms with Crippen LogP contribution in [0, 0.1) is 0 Å². The molecule has 27 heavy (non-hydrogen) atoms. The van der Waals surface area contributed by atoms with Gasteiger partial charge in [0, 0.05) is 29.8 Å². The monoisotopic (exact) mass is 362 g/mol. The number of nitrogens with one attached hydrogen (secondary N) is 2. The Hall–Kier alpha value is -3.41. The van der Waals surface area contributed by atoms with Crippen LogP contribution in [0.5, 0.6) is 5.75 Å². The number of carbonyl (C=O) groups is 1. The summed E-state index contributed by atoms with van der Waals surface area (Å²) in [6.07, 6.45) is 3.01. The third kappa shape index (κ3) is 4.61. The predicted molar refractivity (Wildman–Crippen MR) is 107 cm³/mol. The minimum atomic E-state index is -0.240. The smallest absolute Gasteiger partial charge is 0.258 e. The van der Waals surface area contributed by atoms with E-state index in [1.807, 2.05) is 48.5 Å². The molecule has 2 N–H and O–H groups in total. The Morgan fingerprint density at radius 1 is 1.04 bits per heavy atom. The van der Waals surface area contributed by atoms with Crippen LogP contribution in [-0.2, 0) is 0 Å². The number of benzene rings is 2. The van der Waals surface area contributed by atoms with Crippen molar-refractivity contribution in [2.45, 2.75) is 19.8 Å². The molecule has 2 aromatic carbocycles. The van der Waals surface area contributed by atoms with Crippen LogP contribution < -0.4 is 15.4 Å². The van der Waals surface area contributed by atoms with E-state index < -0.39 is 0 Å². The third-order valence-corrected chi connectivity index (χ3v) is 4.07. The van der Waals surface area contributed by atoms with Crippen LogP contribution in [0.2, 0.25) is 0 Å². The fourth-order valence-corrected chi connectivity index (χ4v) is 2.65. The molecule has 0 aliphatic heterocycles. The first-order valence-electron chi connectivity index (χ1n) is 8.70. The summed E-state index contributed by atoms with van der Waals surface area (Å²) in [7, 11) is 1.61. The quantitative estimate of drug-likeness (QED) is 0.670. The summed E-state index contributed by atoms with van der Waals surface area (Å²) in [5.74, 6) is 1.21. The molecular weight excluding hydrogens is 340 g/mol. The van der Waals surface area contributed by atoms with E-state index in [-0.39, 0.29) is 5.91 Å².